The first-order valence-electron chi connectivity index (χ1n) is 21.6. The van der Waals surface area contributed by atoms with E-state index in [0.717, 1.165) is 12.8 Å². The molecule has 0 unspecified atom stereocenters. The number of hydrogen-bond donors (Lipinski definition) is 1. The molecule has 0 aliphatic heterocycles. The minimum Gasteiger partial charge on any atom is -0.354 e. The van der Waals surface area contributed by atoms with Gasteiger partial charge in [-0.25, -0.2) is 0 Å². The summed E-state index contributed by atoms with van der Waals surface area (Å²) in [6, 6.07) is 40.9. The molecular formula is C54H57NS. The molecule has 0 bridgehead atoms. The summed E-state index contributed by atoms with van der Waals surface area (Å²) in [6.07, 6.45) is 27.5. The second-order valence-electron chi connectivity index (χ2n) is 15.9. The smallest absolute Gasteiger partial charge is 0.0551 e. The van der Waals surface area contributed by atoms with Crippen LogP contribution in [-0.4, -0.2) is 4.98 Å². The van der Waals surface area contributed by atoms with E-state index in [4.69, 9.17) is 0 Å². The first-order valence-corrected chi connectivity index (χ1v) is 22.4. The molecule has 0 radical (unpaired) electrons. The highest BCUT2D eigenvalue weighted by Gasteiger charge is 2.19. The van der Waals surface area contributed by atoms with E-state index in [0.29, 0.717) is 0 Å². The summed E-state index contributed by atoms with van der Waals surface area (Å²) in [6.45, 7) is 4.59. The number of aryl methyl sites for hydroxylation is 2. The predicted octanol–water partition coefficient (Wildman–Crippen LogP) is 17.0. The van der Waals surface area contributed by atoms with Gasteiger partial charge in [-0.2, -0.15) is 0 Å². The number of rotatable bonds is 18. The first kappa shape index (κ1) is 38.0. The summed E-state index contributed by atoms with van der Waals surface area (Å²) >= 11 is 1.98. The molecule has 2 aromatic heterocycles. The van der Waals surface area contributed by atoms with Crippen LogP contribution in [0, 0.1) is 0 Å². The van der Waals surface area contributed by atoms with E-state index in [1.54, 1.807) is 0 Å². The molecule has 2 heterocycles. The summed E-state index contributed by atoms with van der Waals surface area (Å²) in [5.74, 6) is 0. The lowest BCUT2D eigenvalue weighted by molar-refractivity contribution is 0.607. The van der Waals surface area contributed by atoms with Gasteiger partial charge in [0.15, 0.2) is 0 Å². The highest BCUT2D eigenvalue weighted by molar-refractivity contribution is 7.26. The van der Waals surface area contributed by atoms with Crippen LogP contribution in [0.3, 0.4) is 0 Å². The van der Waals surface area contributed by atoms with Crippen molar-refractivity contribution in [3.63, 3.8) is 0 Å². The highest BCUT2D eigenvalue weighted by Crippen LogP contribution is 2.46. The Bertz CT molecular complexity index is 2420. The molecule has 56 heavy (non-hydrogen) atoms. The zero-order valence-electron chi connectivity index (χ0n) is 33.5. The van der Waals surface area contributed by atoms with Gasteiger partial charge in [-0.1, -0.05) is 187 Å². The van der Waals surface area contributed by atoms with Gasteiger partial charge in [-0.05, 0) is 83.3 Å². The number of H-pyrrole nitrogens is 1. The van der Waals surface area contributed by atoms with Gasteiger partial charge in [-0.3, -0.25) is 0 Å². The molecule has 0 fully saturated rings. The Balaban J connectivity index is 1.30. The number of aromatic amines is 1. The van der Waals surface area contributed by atoms with Crippen molar-refractivity contribution in [3.05, 3.63) is 143 Å². The monoisotopic (exact) mass is 751 g/mol. The maximum absolute atomic E-state index is 4.01. The van der Waals surface area contributed by atoms with E-state index >= 15 is 0 Å². The van der Waals surface area contributed by atoms with E-state index < -0.39 is 0 Å². The van der Waals surface area contributed by atoms with Crippen molar-refractivity contribution in [2.45, 2.75) is 104 Å². The number of hydrogen-bond acceptors (Lipinski definition) is 1. The average Bonchev–Trinajstić information content (AvgIpc) is 3.79. The molecule has 0 aliphatic carbocycles. The van der Waals surface area contributed by atoms with Crippen molar-refractivity contribution in [1.29, 1.82) is 0 Å². The van der Waals surface area contributed by atoms with Crippen molar-refractivity contribution in [1.82, 2.24) is 4.98 Å². The number of thiophene rings is 1. The zero-order chi connectivity index (χ0) is 38.1. The van der Waals surface area contributed by atoms with Crippen LogP contribution in [0.15, 0.2) is 109 Å². The third-order valence-corrected chi connectivity index (χ3v) is 12.9. The lowest BCUT2D eigenvalue weighted by Crippen LogP contribution is -1.87. The number of fused-ring (bicyclic) bond motifs is 9. The third kappa shape index (κ3) is 8.57. The van der Waals surface area contributed by atoms with E-state index in [2.05, 4.69) is 152 Å². The molecule has 0 amide bonds. The topological polar surface area (TPSA) is 15.8 Å². The molecular weight excluding hydrogens is 695 g/mol. The minimum absolute atomic E-state index is 1.14. The standard InChI is InChI=1S/C54H57NS/c1-3-5-7-9-11-15-25-41-29-33-45-47-37-44(32-28-40-23-19-14-20-24-40)52-51(53(47)55-49(45)35-41)43(31-27-39-21-17-13-18-22-39)38-48-46-34-30-42(36-50(46)56-54(48)52)26-16-12-10-8-6-4-2/h13-14,17-24,27-38,55H,3-12,15-16,25-26H2,1-2H3/b31-27+,32-28+. The Hall–Kier alpha value is -4.92. The molecule has 1 N–H and O–H groups in total. The highest BCUT2D eigenvalue weighted by atomic mass is 32.1. The maximum Gasteiger partial charge on any atom is 0.0551 e. The zero-order valence-corrected chi connectivity index (χ0v) is 34.3. The van der Waals surface area contributed by atoms with Crippen molar-refractivity contribution < 1.29 is 0 Å². The largest absolute Gasteiger partial charge is 0.354 e. The van der Waals surface area contributed by atoms with Gasteiger partial charge in [-0.15, -0.1) is 11.3 Å². The molecule has 0 spiro atoms. The van der Waals surface area contributed by atoms with Crippen LogP contribution in [0.1, 0.15) is 124 Å². The first-order chi connectivity index (χ1) is 27.7. The van der Waals surface area contributed by atoms with Crippen LogP contribution in [-0.2, 0) is 12.8 Å². The SMILES string of the molecule is CCCCCCCCc1ccc2c(c1)[nH]c1c2cc(/C=C/c2ccccc2)c2c3sc4cc(CCCCCCCC)ccc4c3cc(/C=C/c3ccccc3)c12. The Morgan fingerprint density at radius 3 is 1.62 bits per heavy atom. The van der Waals surface area contributed by atoms with E-state index in [1.165, 1.54) is 163 Å². The van der Waals surface area contributed by atoms with Crippen LogP contribution >= 0.6 is 11.3 Å². The van der Waals surface area contributed by atoms with Gasteiger partial charge in [0.25, 0.3) is 0 Å². The second kappa shape index (κ2) is 18.4. The molecule has 0 aliphatic rings. The molecule has 8 aromatic rings. The predicted molar refractivity (Wildman–Crippen MR) is 251 cm³/mol. The quantitative estimate of drug-likeness (QED) is 0.0664. The average molecular weight is 752 g/mol. The second-order valence-corrected chi connectivity index (χ2v) is 17.0. The Kier molecular flexibility index (Phi) is 12.4. The van der Waals surface area contributed by atoms with Gasteiger partial charge in [0.05, 0.1) is 5.52 Å². The molecule has 0 saturated carbocycles. The van der Waals surface area contributed by atoms with E-state index in [1.807, 2.05) is 11.3 Å². The molecule has 0 saturated heterocycles. The third-order valence-electron chi connectivity index (χ3n) is 11.7. The summed E-state index contributed by atoms with van der Waals surface area (Å²) in [5, 5.41) is 7.96. The Morgan fingerprint density at radius 1 is 0.464 bits per heavy atom. The van der Waals surface area contributed by atoms with Gasteiger partial charge in [0.2, 0.25) is 0 Å². The molecule has 1 nitrogen and oxygen atoms in total. The normalized spacial score (nSPS) is 12.2. The van der Waals surface area contributed by atoms with Crippen molar-refractivity contribution in [3.8, 4) is 0 Å². The Morgan fingerprint density at radius 2 is 1.00 bits per heavy atom. The fourth-order valence-corrected chi connectivity index (χ4v) is 9.97. The Labute approximate surface area is 338 Å². The lowest BCUT2D eigenvalue weighted by Gasteiger charge is -2.11. The van der Waals surface area contributed by atoms with E-state index in [9.17, 15) is 0 Å². The fourth-order valence-electron chi connectivity index (χ4n) is 8.65. The number of aromatic nitrogens is 1. The van der Waals surface area contributed by atoms with Gasteiger partial charge in [0.1, 0.15) is 0 Å². The molecule has 284 valence electrons. The minimum atomic E-state index is 1.14. The lowest BCUT2D eigenvalue weighted by atomic mass is 9.93. The number of unbranched alkanes of at least 4 members (excludes halogenated alkanes) is 10. The van der Waals surface area contributed by atoms with Crippen LogP contribution in [0.25, 0.3) is 77.1 Å². The summed E-state index contributed by atoms with van der Waals surface area (Å²) in [7, 11) is 0. The summed E-state index contributed by atoms with van der Waals surface area (Å²) < 4.78 is 2.77. The van der Waals surface area contributed by atoms with Crippen LogP contribution < -0.4 is 0 Å². The maximum atomic E-state index is 4.01. The molecule has 6 aromatic carbocycles. The van der Waals surface area contributed by atoms with E-state index in [-0.39, 0.29) is 0 Å². The van der Waals surface area contributed by atoms with Crippen molar-refractivity contribution in [2.75, 3.05) is 0 Å². The fraction of sp³-hybridized carbons (Fsp3) is 0.296. The van der Waals surface area contributed by atoms with Crippen LogP contribution in [0.2, 0.25) is 0 Å². The number of benzene rings is 6. The molecule has 2 heteroatoms. The summed E-state index contributed by atoms with van der Waals surface area (Å²) in [5.41, 5.74) is 10.3. The molecule has 0 atom stereocenters. The van der Waals surface area contributed by atoms with Gasteiger partial charge >= 0.3 is 0 Å². The number of nitrogens with one attached hydrogen (secondary N) is 1. The van der Waals surface area contributed by atoms with Gasteiger partial charge in [0, 0.05) is 47.2 Å². The van der Waals surface area contributed by atoms with Crippen LogP contribution in [0.4, 0.5) is 0 Å². The summed E-state index contributed by atoms with van der Waals surface area (Å²) in [4.78, 5) is 4.01. The molecule has 8 rings (SSSR count). The van der Waals surface area contributed by atoms with Crippen molar-refractivity contribution in [2.24, 2.45) is 0 Å². The van der Waals surface area contributed by atoms with Crippen molar-refractivity contribution >= 4 is 88.4 Å². The van der Waals surface area contributed by atoms with Gasteiger partial charge < -0.3 is 4.98 Å². The van der Waals surface area contributed by atoms with Crippen LogP contribution in [0.5, 0.6) is 0 Å².